The van der Waals surface area contributed by atoms with Crippen molar-refractivity contribution in [1.29, 1.82) is 0 Å². The standard InChI is InChI=1S/C26H54NO7P/c1-3-5-7-9-11-12-13-15-17-19-26(28)34-25(24-33-35(29,30)32-22-20-27)23-31-21-18-16-14-10-8-6-4-2/h25H,3-24,27H2,1-2H3,(H,29,30). The number of hydrogen-bond acceptors (Lipinski definition) is 7. The Kier molecular flexibility index (Phi) is 24.8. The number of carbonyl (C=O) groups excluding carboxylic acids is 1. The molecule has 0 aromatic heterocycles. The van der Waals surface area contributed by atoms with Gasteiger partial charge in [-0.3, -0.25) is 13.8 Å². The second-order valence-electron chi connectivity index (χ2n) is 9.27. The number of phosphoric acid groups is 1. The molecule has 8 nitrogen and oxygen atoms in total. The molecule has 0 saturated heterocycles. The van der Waals surface area contributed by atoms with Crippen LogP contribution in [-0.2, 0) is 27.9 Å². The molecule has 0 aliphatic carbocycles. The highest BCUT2D eigenvalue weighted by atomic mass is 31.2. The normalized spacial score (nSPS) is 14.1. The molecule has 0 rings (SSSR count). The van der Waals surface area contributed by atoms with Crippen LogP contribution in [0.4, 0.5) is 0 Å². The van der Waals surface area contributed by atoms with E-state index >= 15 is 0 Å². The summed E-state index contributed by atoms with van der Waals surface area (Å²) < 4.78 is 32.8. The summed E-state index contributed by atoms with van der Waals surface area (Å²) >= 11 is 0. The van der Waals surface area contributed by atoms with Crippen molar-refractivity contribution in [3.8, 4) is 0 Å². The monoisotopic (exact) mass is 523 g/mol. The van der Waals surface area contributed by atoms with E-state index < -0.39 is 13.9 Å². The lowest BCUT2D eigenvalue weighted by atomic mass is 10.1. The third kappa shape index (κ3) is 25.0. The SMILES string of the molecule is CCCCCCCCCCCC(=O)OC(COCCCCCCCCC)COP(=O)(O)OCCN. The van der Waals surface area contributed by atoms with E-state index in [9.17, 15) is 14.3 Å². The molecule has 0 bridgehead atoms. The number of hydrogen-bond donors (Lipinski definition) is 2. The molecule has 3 N–H and O–H groups in total. The molecule has 0 spiro atoms. The van der Waals surface area contributed by atoms with Gasteiger partial charge in [-0.25, -0.2) is 4.57 Å². The van der Waals surface area contributed by atoms with Gasteiger partial charge in [-0.05, 0) is 12.8 Å². The highest BCUT2D eigenvalue weighted by Gasteiger charge is 2.25. The maximum Gasteiger partial charge on any atom is 0.472 e. The van der Waals surface area contributed by atoms with Crippen LogP contribution in [0.15, 0.2) is 0 Å². The molecule has 0 aliphatic rings. The van der Waals surface area contributed by atoms with Crippen molar-refractivity contribution in [3.05, 3.63) is 0 Å². The summed E-state index contributed by atoms with van der Waals surface area (Å²) in [4.78, 5) is 22.0. The van der Waals surface area contributed by atoms with Gasteiger partial charge in [0.15, 0.2) is 0 Å². The number of rotatable bonds is 27. The number of phosphoric ester groups is 1. The first-order chi connectivity index (χ1) is 16.9. The summed E-state index contributed by atoms with van der Waals surface area (Å²) in [5, 5.41) is 0. The summed E-state index contributed by atoms with van der Waals surface area (Å²) in [7, 11) is -4.24. The first-order valence-electron chi connectivity index (χ1n) is 14.0. The highest BCUT2D eigenvalue weighted by molar-refractivity contribution is 7.47. The summed E-state index contributed by atoms with van der Waals surface area (Å²) in [6.07, 6.45) is 18.4. The van der Waals surface area contributed by atoms with Crippen molar-refractivity contribution in [2.75, 3.05) is 33.0 Å². The van der Waals surface area contributed by atoms with E-state index in [2.05, 4.69) is 13.8 Å². The van der Waals surface area contributed by atoms with Gasteiger partial charge in [-0.1, -0.05) is 104 Å². The molecule has 0 aromatic carbocycles. The van der Waals surface area contributed by atoms with Crippen LogP contribution in [-0.4, -0.2) is 49.9 Å². The lowest BCUT2D eigenvalue weighted by Gasteiger charge is -2.20. The summed E-state index contributed by atoms with van der Waals surface area (Å²) in [6, 6.07) is 0. The fraction of sp³-hybridized carbons (Fsp3) is 0.962. The number of nitrogens with two attached hydrogens (primary N) is 1. The molecule has 0 heterocycles. The van der Waals surface area contributed by atoms with Crippen molar-refractivity contribution < 1.29 is 32.8 Å². The minimum Gasteiger partial charge on any atom is -0.457 e. The van der Waals surface area contributed by atoms with Gasteiger partial charge >= 0.3 is 13.8 Å². The van der Waals surface area contributed by atoms with E-state index in [1.54, 1.807) is 0 Å². The van der Waals surface area contributed by atoms with E-state index in [4.69, 9.17) is 24.3 Å². The lowest BCUT2D eigenvalue weighted by Crippen LogP contribution is -2.28. The van der Waals surface area contributed by atoms with Crippen LogP contribution < -0.4 is 5.73 Å². The van der Waals surface area contributed by atoms with Crippen LogP contribution in [0.1, 0.15) is 123 Å². The van der Waals surface area contributed by atoms with E-state index in [1.165, 1.54) is 70.6 Å². The number of ether oxygens (including phenoxy) is 2. The van der Waals surface area contributed by atoms with Crippen LogP contribution in [0.2, 0.25) is 0 Å². The van der Waals surface area contributed by atoms with Crippen LogP contribution in [0.25, 0.3) is 0 Å². The molecule has 0 saturated carbocycles. The van der Waals surface area contributed by atoms with E-state index in [0.29, 0.717) is 13.0 Å². The molecule has 0 fully saturated rings. The van der Waals surface area contributed by atoms with Gasteiger partial charge in [-0.15, -0.1) is 0 Å². The minimum absolute atomic E-state index is 0.0917. The lowest BCUT2D eigenvalue weighted by molar-refractivity contribution is -0.154. The predicted octanol–water partition coefficient (Wildman–Crippen LogP) is 6.68. The Hall–Kier alpha value is -0.500. The molecule has 210 valence electrons. The van der Waals surface area contributed by atoms with Crippen LogP contribution in [0, 0.1) is 0 Å². The minimum atomic E-state index is -4.24. The van der Waals surface area contributed by atoms with Crippen molar-refractivity contribution >= 4 is 13.8 Å². The molecule has 0 radical (unpaired) electrons. The van der Waals surface area contributed by atoms with Gasteiger partial charge < -0.3 is 20.1 Å². The molecule has 0 aliphatic heterocycles. The van der Waals surface area contributed by atoms with Crippen molar-refractivity contribution in [1.82, 2.24) is 0 Å². The zero-order valence-electron chi connectivity index (χ0n) is 22.6. The summed E-state index contributed by atoms with van der Waals surface area (Å²) in [5.41, 5.74) is 5.30. The highest BCUT2D eigenvalue weighted by Crippen LogP contribution is 2.43. The fourth-order valence-electron chi connectivity index (χ4n) is 3.70. The zero-order valence-corrected chi connectivity index (χ0v) is 23.4. The second kappa shape index (κ2) is 25.2. The zero-order chi connectivity index (χ0) is 26.0. The van der Waals surface area contributed by atoms with Gasteiger partial charge in [0.05, 0.1) is 19.8 Å². The topological polar surface area (TPSA) is 117 Å². The van der Waals surface area contributed by atoms with Crippen LogP contribution >= 0.6 is 7.82 Å². The number of esters is 1. The van der Waals surface area contributed by atoms with Crippen molar-refractivity contribution in [2.45, 2.75) is 129 Å². The van der Waals surface area contributed by atoms with Crippen LogP contribution in [0.5, 0.6) is 0 Å². The van der Waals surface area contributed by atoms with E-state index in [-0.39, 0.29) is 32.3 Å². The summed E-state index contributed by atoms with van der Waals surface area (Å²) in [6.45, 7) is 4.85. The Morgan fingerprint density at radius 3 is 1.80 bits per heavy atom. The first-order valence-corrected chi connectivity index (χ1v) is 15.5. The molecule has 0 aromatic rings. The maximum atomic E-state index is 12.3. The van der Waals surface area contributed by atoms with Gasteiger partial charge in [0.1, 0.15) is 6.10 Å². The summed E-state index contributed by atoms with van der Waals surface area (Å²) in [5.74, 6) is -0.336. The van der Waals surface area contributed by atoms with Gasteiger partial charge in [-0.2, -0.15) is 0 Å². The third-order valence-electron chi connectivity index (χ3n) is 5.77. The first kappa shape index (κ1) is 34.5. The van der Waals surface area contributed by atoms with Crippen molar-refractivity contribution in [3.63, 3.8) is 0 Å². The number of carbonyl (C=O) groups is 1. The average Bonchev–Trinajstić information content (AvgIpc) is 2.84. The van der Waals surface area contributed by atoms with Crippen LogP contribution in [0.3, 0.4) is 0 Å². The fourth-order valence-corrected chi connectivity index (χ4v) is 4.46. The Balaban J connectivity index is 4.22. The molecule has 0 amide bonds. The molecular formula is C26H54NO7P. The van der Waals surface area contributed by atoms with E-state index in [1.807, 2.05) is 0 Å². The Bertz CT molecular complexity index is 522. The Morgan fingerprint density at radius 1 is 0.743 bits per heavy atom. The second-order valence-corrected chi connectivity index (χ2v) is 10.7. The van der Waals surface area contributed by atoms with E-state index in [0.717, 1.165) is 32.1 Å². The van der Waals surface area contributed by atoms with Crippen molar-refractivity contribution in [2.24, 2.45) is 5.73 Å². The predicted molar refractivity (Wildman–Crippen MR) is 141 cm³/mol. The Labute approximate surface area is 214 Å². The third-order valence-corrected chi connectivity index (χ3v) is 6.76. The number of unbranched alkanes of at least 4 members (excludes halogenated alkanes) is 14. The van der Waals surface area contributed by atoms with Gasteiger partial charge in [0, 0.05) is 19.6 Å². The maximum absolute atomic E-state index is 12.3. The molecular weight excluding hydrogens is 469 g/mol. The quantitative estimate of drug-likeness (QED) is 0.0695. The molecule has 9 heteroatoms. The molecule has 2 atom stereocenters. The Morgan fingerprint density at radius 2 is 1.26 bits per heavy atom. The average molecular weight is 524 g/mol. The molecule has 35 heavy (non-hydrogen) atoms. The largest absolute Gasteiger partial charge is 0.472 e. The smallest absolute Gasteiger partial charge is 0.457 e. The van der Waals surface area contributed by atoms with Gasteiger partial charge in [0.25, 0.3) is 0 Å². The van der Waals surface area contributed by atoms with Gasteiger partial charge in [0.2, 0.25) is 0 Å². The molecule has 2 unspecified atom stereocenters.